The zero-order valence-electron chi connectivity index (χ0n) is 10.8. The van der Waals surface area contributed by atoms with Crippen LogP contribution in [-0.2, 0) is 11.3 Å². The van der Waals surface area contributed by atoms with Crippen LogP contribution in [0.25, 0.3) is 0 Å². The van der Waals surface area contributed by atoms with Gasteiger partial charge in [0.15, 0.2) is 0 Å². The van der Waals surface area contributed by atoms with E-state index in [0.29, 0.717) is 15.7 Å². The number of aromatic carboxylic acids is 1. The lowest BCUT2D eigenvalue weighted by atomic mass is 10.3. The van der Waals surface area contributed by atoms with E-state index in [-0.39, 0.29) is 18.0 Å². The Labute approximate surface area is 124 Å². The normalized spacial score (nSPS) is 10.6. The number of carbonyl (C=O) groups excluding carboxylic acids is 1. The van der Waals surface area contributed by atoms with Crippen molar-refractivity contribution in [2.45, 2.75) is 20.4 Å². The molecule has 2 aromatic heterocycles. The molecule has 2 heterocycles. The first kappa shape index (κ1) is 14.5. The summed E-state index contributed by atoms with van der Waals surface area (Å²) >= 11 is 7.16. The Hall–Kier alpha value is -1.86. The highest BCUT2D eigenvalue weighted by molar-refractivity contribution is 7.14. The van der Waals surface area contributed by atoms with Crippen molar-refractivity contribution in [3.8, 4) is 0 Å². The molecule has 0 aliphatic heterocycles. The third-order valence-corrected chi connectivity index (χ3v) is 4.09. The van der Waals surface area contributed by atoms with Crippen molar-refractivity contribution >= 4 is 39.8 Å². The van der Waals surface area contributed by atoms with Crippen molar-refractivity contribution in [2.24, 2.45) is 0 Å². The zero-order chi connectivity index (χ0) is 14.9. The number of thiophene rings is 1. The lowest BCUT2D eigenvalue weighted by Gasteiger charge is -2.04. The van der Waals surface area contributed by atoms with Gasteiger partial charge in [-0.3, -0.25) is 9.48 Å². The van der Waals surface area contributed by atoms with Crippen molar-refractivity contribution in [3.63, 3.8) is 0 Å². The molecule has 0 fully saturated rings. The summed E-state index contributed by atoms with van der Waals surface area (Å²) in [6, 6.07) is 1.42. The van der Waals surface area contributed by atoms with Crippen molar-refractivity contribution < 1.29 is 14.7 Å². The average molecular weight is 314 g/mol. The highest BCUT2D eigenvalue weighted by atomic mass is 35.5. The van der Waals surface area contributed by atoms with E-state index in [9.17, 15) is 9.59 Å². The Morgan fingerprint density at radius 1 is 1.50 bits per heavy atom. The SMILES string of the molecule is Cc1nn(CC(=O)Nc2cc(C(=O)O)cs2)c(C)c1Cl. The molecular formula is C12H12ClN3O3S. The summed E-state index contributed by atoms with van der Waals surface area (Å²) in [6.07, 6.45) is 0. The lowest BCUT2D eigenvalue weighted by molar-refractivity contribution is -0.116. The number of rotatable bonds is 4. The van der Waals surface area contributed by atoms with E-state index in [4.69, 9.17) is 16.7 Å². The molecule has 0 saturated carbocycles. The van der Waals surface area contributed by atoms with Crippen molar-refractivity contribution in [1.29, 1.82) is 0 Å². The fourth-order valence-corrected chi connectivity index (χ4v) is 2.58. The summed E-state index contributed by atoms with van der Waals surface area (Å²) in [5.41, 5.74) is 1.54. The van der Waals surface area contributed by atoms with Crippen molar-refractivity contribution in [3.05, 3.63) is 33.4 Å². The zero-order valence-corrected chi connectivity index (χ0v) is 12.4. The highest BCUT2D eigenvalue weighted by Crippen LogP contribution is 2.21. The minimum atomic E-state index is -1.02. The molecule has 20 heavy (non-hydrogen) atoms. The lowest BCUT2D eigenvalue weighted by Crippen LogP contribution is -2.19. The standard InChI is InChI=1S/C12H12ClN3O3S/c1-6-11(13)7(2)16(15-6)4-9(17)14-10-3-8(5-20-10)12(18)19/h3,5H,4H2,1-2H3,(H,14,17)(H,18,19). The molecule has 0 aliphatic rings. The smallest absolute Gasteiger partial charge is 0.336 e. The molecule has 0 spiro atoms. The summed E-state index contributed by atoms with van der Waals surface area (Å²) in [4.78, 5) is 22.6. The van der Waals surface area contributed by atoms with E-state index >= 15 is 0 Å². The van der Waals surface area contributed by atoms with Crippen LogP contribution in [-0.4, -0.2) is 26.8 Å². The first-order valence-electron chi connectivity index (χ1n) is 5.69. The van der Waals surface area contributed by atoms with Crippen LogP contribution in [0.1, 0.15) is 21.7 Å². The van der Waals surface area contributed by atoms with Crippen LogP contribution in [0.3, 0.4) is 0 Å². The fourth-order valence-electron chi connectivity index (χ4n) is 1.66. The first-order chi connectivity index (χ1) is 9.38. The molecule has 1 amide bonds. The van der Waals surface area contributed by atoms with Crippen LogP contribution in [0, 0.1) is 13.8 Å². The number of hydrogen-bond acceptors (Lipinski definition) is 4. The Morgan fingerprint density at radius 3 is 2.70 bits per heavy atom. The van der Waals surface area contributed by atoms with Gasteiger partial charge in [0.05, 0.1) is 27.0 Å². The number of nitrogens with one attached hydrogen (secondary N) is 1. The molecule has 0 atom stereocenters. The largest absolute Gasteiger partial charge is 0.478 e. The van der Waals surface area contributed by atoms with Gasteiger partial charge < -0.3 is 10.4 Å². The highest BCUT2D eigenvalue weighted by Gasteiger charge is 2.13. The van der Waals surface area contributed by atoms with Crippen LogP contribution in [0.5, 0.6) is 0 Å². The predicted molar refractivity (Wildman–Crippen MR) is 76.6 cm³/mol. The van der Waals surface area contributed by atoms with Gasteiger partial charge in [-0.15, -0.1) is 11.3 Å². The Balaban J connectivity index is 2.05. The van der Waals surface area contributed by atoms with Crippen LogP contribution >= 0.6 is 22.9 Å². The van der Waals surface area contributed by atoms with E-state index in [0.717, 1.165) is 17.0 Å². The minimum Gasteiger partial charge on any atom is -0.478 e. The second-order valence-corrected chi connectivity index (χ2v) is 5.48. The topological polar surface area (TPSA) is 84.2 Å². The number of amides is 1. The number of aryl methyl sites for hydroxylation is 1. The molecule has 2 N–H and O–H groups in total. The number of nitrogens with zero attached hydrogens (tertiary/aromatic N) is 2. The van der Waals surface area contributed by atoms with Crippen molar-refractivity contribution in [1.82, 2.24) is 9.78 Å². The predicted octanol–water partition coefficient (Wildman–Crippen LogP) is 2.55. The second-order valence-electron chi connectivity index (χ2n) is 4.20. The molecule has 0 bridgehead atoms. The molecule has 0 aliphatic carbocycles. The Bertz CT molecular complexity index is 678. The second kappa shape index (κ2) is 5.64. The molecular weight excluding hydrogens is 302 g/mol. The molecule has 0 unspecified atom stereocenters. The quantitative estimate of drug-likeness (QED) is 0.908. The number of carboxylic acids is 1. The van der Waals surface area contributed by atoms with Crippen LogP contribution in [0.4, 0.5) is 5.00 Å². The molecule has 2 rings (SSSR count). The molecule has 6 nitrogen and oxygen atoms in total. The maximum absolute atomic E-state index is 11.9. The van der Waals surface area contributed by atoms with Crippen LogP contribution in [0.15, 0.2) is 11.4 Å². The van der Waals surface area contributed by atoms with Gasteiger partial charge in [-0.25, -0.2) is 4.79 Å². The first-order valence-corrected chi connectivity index (χ1v) is 6.95. The van der Waals surface area contributed by atoms with E-state index in [2.05, 4.69) is 10.4 Å². The average Bonchev–Trinajstić information content (AvgIpc) is 2.92. The van der Waals surface area contributed by atoms with Gasteiger partial charge in [-0.05, 0) is 19.9 Å². The van der Waals surface area contributed by atoms with Crippen LogP contribution < -0.4 is 5.32 Å². The number of anilines is 1. The Kier molecular flexibility index (Phi) is 4.10. The van der Waals surface area contributed by atoms with Gasteiger partial charge in [-0.2, -0.15) is 5.10 Å². The van der Waals surface area contributed by atoms with Crippen LogP contribution in [0.2, 0.25) is 5.02 Å². The maximum Gasteiger partial charge on any atom is 0.336 e. The summed E-state index contributed by atoms with van der Waals surface area (Å²) in [6.45, 7) is 3.57. The maximum atomic E-state index is 11.9. The van der Waals surface area contributed by atoms with Crippen molar-refractivity contribution in [2.75, 3.05) is 5.32 Å². The van der Waals surface area contributed by atoms with E-state index in [1.165, 1.54) is 16.1 Å². The van der Waals surface area contributed by atoms with Gasteiger partial charge in [0.25, 0.3) is 0 Å². The molecule has 8 heteroatoms. The third kappa shape index (κ3) is 3.00. The molecule has 0 aromatic carbocycles. The number of aromatic nitrogens is 2. The van der Waals surface area contributed by atoms with E-state index in [1.807, 2.05) is 0 Å². The minimum absolute atomic E-state index is 0.0275. The molecule has 0 radical (unpaired) electrons. The number of carboxylic acid groups (broad SMARTS) is 1. The summed E-state index contributed by atoms with van der Waals surface area (Å²) in [5, 5.41) is 18.1. The molecule has 0 saturated heterocycles. The van der Waals surface area contributed by atoms with Gasteiger partial charge in [-0.1, -0.05) is 11.6 Å². The van der Waals surface area contributed by atoms with Gasteiger partial charge >= 0.3 is 5.97 Å². The summed E-state index contributed by atoms with van der Waals surface area (Å²) in [5.74, 6) is -1.31. The number of halogens is 1. The summed E-state index contributed by atoms with van der Waals surface area (Å²) in [7, 11) is 0. The number of carbonyl (C=O) groups is 2. The molecule has 106 valence electrons. The summed E-state index contributed by atoms with van der Waals surface area (Å²) < 4.78 is 1.51. The van der Waals surface area contributed by atoms with E-state index < -0.39 is 5.97 Å². The van der Waals surface area contributed by atoms with Gasteiger partial charge in [0.2, 0.25) is 5.91 Å². The van der Waals surface area contributed by atoms with Gasteiger partial charge in [0, 0.05) is 5.38 Å². The van der Waals surface area contributed by atoms with Gasteiger partial charge in [0.1, 0.15) is 6.54 Å². The monoisotopic (exact) mass is 313 g/mol. The number of hydrogen-bond donors (Lipinski definition) is 2. The van der Waals surface area contributed by atoms with E-state index in [1.54, 1.807) is 13.8 Å². The molecule has 2 aromatic rings. The third-order valence-electron chi connectivity index (χ3n) is 2.70. The Morgan fingerprint density at radius 2 is 2.20 bits per heavy atom. The fraction of sp³-hybridized carbons (Fsp3) is 0.250.